The first kappa shape index (κ1) is 13.7. The Hall–Kier alpha value is -1.39. The van der Waals surface area contributed by atoms with Crippen LogP contribution in [0.3, 0.4) is 0 Å². The van der Waals surface area contributed by atoms with E-state index in [2.05, 4.69) is 9.71 Å². The summed E-state index contributed by atoms with van der Waals surface area (Å²) in [7, 11) is -3.62. The number of nitrogens with zero attached hydrogens (tertiary/aromatic N) is 3. The van der Waals surface area contributed by atoms with Crippen LogP contribution >= 0.6 is 0 Å². The lowest BCUT2D eigenvalue weighted by Gasteiger charge is -2.12. The van der Waals surface area contributed by atoms with Crippen LogP contribution in [0.15, 0.2) is 17.6 Å². The first-order chi connectivity index (χ1) is 8.03. The Morgan fingerprint density at radius 2 is 2.29 bits per heavy atom. The number of rotatable bonds is 6. The van der Waals surface area contributed by atoms with Crippen LogP contribution < -0.4 is 4.72 Å². The topological polar surface area (TPSA) is 87.8 Å². The van der Waals surface area contributed by atoms with Crippen molar-refractivity contribution < 1.29 is 8.42 Å². The van der Waals surface area contributed by atoms with Gasteiger partial charge in [0, 0.05) is 18.8 Å². The Kier molecular flexibility index (Phi) is 4.66. The van der Waals surface area contributed by atoms with Gasteiger partial charge in [-0.3, -0.25) is 0 Å². The number of hydrogen-bond donors (Lipinski definition) is 1. The number of nitriles is 1. The fourth-order valence-electron chi connectivity index (χ4n) is 1.31. The van der Waals surface area contributed by atoms with Crippen LogP contribution in [0.1, 0.15) is 26.7 Å². The lowest BCUT2D eigenvalue weighted by molar-refractivity contribution is 0.540. The Morgan fingerprint density at radius 3 is 2.76 bits per heavy atom. The molecule has 0 saturated carbocycles. The van der Waals surface area contributed by atoms with Gasteiger partial charge in [0.25, 0.3) is 10.0 Å². The molecule has 1 aromatic rings. The highest BCUT2D eigenvalue weighted by atomic mass is 32.2. The van der Waals surface area contributed by atoms with Crippen molar-refractivity contribution in [1.29, 1.82) is 5.26 Å². The number of hydrogen-bond acceptors (Lipinski definition) is 4. The average Bonchev–Trinajstić information content (AvgIpc) is 2.77. The Morgan fingerprint density at radius 1 is 1.59 bits per heavy atom. The largest absolute Gasteiger partial charge is 0.336 e. The maximum atomic E-state index is 11.9. The number of nitrogens with one attached hydrogen (secondary N) is 1. The molecule has 1 N–H and O–H groups in total. The fourth-order valence-corrected chi connectivity index (χ4v) is 2.58. The Labute approximate surface area is 101 Å². The van der Waals surface area contributed by atoms with Crippen LogP contribution in [0.5, 0.6) is 0 Å². The molecule has 0 fully saturated rings. The molecule has 0 aliphatic carbocycles. The van der Waals surface area contributed by atoms with E-state index in [4.69, 9.17) is 5.26 Å². The summed E-state index contributed by atoms with van der Waals surface area (Å²) in [5.41, 5.74) is 0. The summed E-state index contributed by atoms with van der Waals surface area (Å²) in [6.45, 7) is 4.39. The van der Waals surface area contributed by atoms with E-state index in [0.29, 0.717) is 13.0 Å². The van der Waals surface area contributed by atoms with Crippen molar-refractivity contribution in [3.63, 3.8) is 0 Å². The monoisotopic (exact) mass is 256 g/mol. The zero-order valence-corrected chi connectivity index (χ0v) is 10.7. The second kappa shape index (κ2) is 5.80. The van der Waals surface area contributed by atoms with Gasteiger partial charge in [0.05, 0.1) is 18.8 Å². The number of imidazole rings is 1. The lowest BCUT2D eigenvalue weighted by Crippen LogP contribution is -2.34. The van der Waals surface area contributed by atoms with Crippen LogP contribution in [0.25, 0.3) is 0 Å². The Bertz CT molecular complexity index is 501. The second-order valence-electron chi connectivity index (χ2n) is 3.63. The van der Waals surface area contributed by atoms with Gasteiger partial charge in [-0.2, -0.15) is 5.26 Å². The summed E-state index contributed by atoms with van der Waals surface area (Å²) in [5, 5.41) is 8.57. The van der Waals surface area contributed by atoms with Crippen molar-refractivity contribution in [3.05, 3.63) is 12.5 Å². The molecular weight excluding hydrogens is 240 g/mol. The summed E-state index contributed by atoms with van der Waals surface area (Å²) < 4.78 is 28.0. The van der Waals surface area contributed by atoms with Crippen molar-refractivity contribution in [1.82, 2.24) is 14.3 Å². The zero-order valence-electron chi connectivity index (χ0n) is 9.92. The molecule has 6 nitrogen and oxygen atoms in total. The highest BCUT2D eigenvalue weighted by Gasteiger charge is 2.21. The summed E-state index contributed by atoms with van der Waals surface area (Å²) in [6.07, 6.45) is 3.67. The van der Waals surface area contributed by atoms with Gasteiger partial charge >= 0.3 is 0 Å². The minimum atomic E-state index is -3.62. The molecule has 1 heterocycles. The second-order valence-corrected chi connectivity index (χ2v) is 5.29. The normalized spacial score (nSPS) is 13.2. The SMILES string of the molecule is CCC(CC#N)NS(=O)(=O)c1cn(CC)cn1. The van der Waals surface area contributed by atoms with Crippen molar-refractivity contribution in [2.24, 2.45) is 0 Å². The van der Waals surface area contributed by atoms with Crippen LogP contribution in [0, 0.1) is 11.3 Å². The molecule has 0 saturated heterocycles. The molecule has 0 aliphatic heterocycles. The molecule has 1 rings (SSSR count). The summed E-state index contributed by atoms with van der Waals surface area (Å²) in [6, 6.07) is 1.59. The predicted molar refractivity (Wildman–Crippen MR) is 62.5 cm³/mol. The average molecular weight is 256 g/mol. The minimum Gasteiger partial charge on any atom is -0.336 e. The molecule has 7 heteroatoms. The smallest absolute Gasteiger partial charge is 0.259 e. The van der Waals surface area contributed by atoms with Gasteiger partial charge in [0.2, 0.25) is 0 Å². The van der Waals surface area contributed by atoms with Crippen LogP contribution in [-0.4, -0.2) is 24.0 Å². The highest BCUT2D eigenvalue weighted by Crippen LogP contribution is 2.08. The third-order valence-corrected chi connectivity index (χ3v) is 3.81. The first-order valence-corrected chi connectivity index (χ1v) is 6.92. The van der Waals surface area contributed by atoms with Gasteiger partial charge in [-0.25, -0.2) is 18.1 Å². The molecule has 0 bridgehead atoms. The van der Waals surface area contributed by atoms with Gasteiger partial charge in [-0.05, 0) is 13.3 Å². The number of aromatic nitrogens is 2. The molecular formula is C10H16N4O2S. The standard InChI is InChI=1S/C10H16N4O2S/c1-3-9(5-6-11)13-17(15,16)10-7-14(4-2)8-12-10/h7-9,13H,3-5H2,1-2H3. The molecule has 0 aliphatic rings. The zero-order chi connectivity index (χ0) is 12.9. The fraction of sp³-hybridized carbons (Fsp3) is 0.600. The van der Waals surface area contributed by atoms with E-state index in [1.54, 1.807) is 4.57 Å². The van der Waals surface area contributed by atoms with Crippen LogP contribution in [-0.2, 0) is 16.6 Å². The van der Waals surface area contributed by atoms with Gasteiger partial charge in [0.15, 0.2) is 5.03 Å². The number of aryl methyl sites for hydroxylation is 1. The van der Waals surface area contributed by atoms with Gasteiger partial charge in [-0.15, -0.1) is 0 Å². The van der Waals surface area contributed by atoms with Crippen LogP contribution in [0.2, 0.25) is 0 Å². The minimum absolute atomic E-state index is 0.00394. The van der Waals surface area contributed by atoms with Crippen LogP contribution in [0.4, 0.5) is 0 Å². The van der Waals surface area contributed by atoms with Crippen molar-refractivity contribution >= 4 is 10.0 Å². The van der Waals surface area contributed by atoms with E-state index in [1.807, 2.05) is 19.9 Å². The number of sulfonamides is 1. The molecule has 17 heavy (non-hydrogen) atoms. The molecule has 1 unspecified atom stereocenters. The van der Waals surface area contributed by atoms with E-state index < -0.39 is 10.0 Å². The van der Waals surface area contributed by atoms with Crippen molar-refractivity contribution in [2.45, 2.75) is 44.3 Å². The third-order valence-electron chi connectivity index (χ3n) is 2.40. The summed E-state index contributed by atoms with van der Waals surface area (Å²) in [4.78, 5) is 3.84. The van der Waals surface area contributed by atoms with Gasteiger partial charge < -0.3 is 4.57 Å². The molecule has 0 spiro atoms. The van der Waals surface area contributed by atoms with E-state index in [9.17, 15) is 8.42 Å². The van der Waals surface area contributed by atoms with E-state index in [0.717, 1.165) is 0 Å². The van der Waals surface area contributed by atoms with E-state index in [-0.39, 0.29) is 17.5 Å². The maximum absolute atomic E-state index is 11.9. The maximum Gasteiger partial charge on any atom is 0.259 e. The quantitative estimate of drug-likeness (QED) is 0.818. The molecule has 0 radical (unpaired) electrons. The first-order valence-electron chi connectivity index (χ1n) is 5.44. The summed E-state index contributed by atoms with van der Waals surface area (Å²) >= 11 is 0. The molecule has 0 amide bonds. The van der Waals surface area contributed by atoms with Crippen molar-refractivity contribution in [2.75, 3.05) is 0 Å². The third kappa shape index (κ3) is 3.54. The van der Waals surface area contributed by atoms with Gasteiger partial charge in [0.1, 0.15) is 0 Å². The van der Waals surface area contributed by atoms with Gasteiger partial charge in [-0.1, -0.05) is 6.92 Å². The highest BCUT2D eigenvalue weighted by molar-refractivity contribution is 7.89. The Balaban J connectivity index is 2.84. The molecule has 94 valence electrons. The lowest BCUT2D eigenvalue weighted by atomic mass is 10.2. The molecule has 1 aromatic heterocycles. The van der Waals surface area contributed by atoms with E-state index in [1.165, 1.54) is 12.5 Å². The summed E-state index contributed by atoms with van der Waals surface area (Å²) in [5.74, 6) is 0. The predicted octanol–water partition coefficient (Wildman–Crippen LogP) is 0.874. The molecule has 0 aromatic carbocycles. The van der Waals surface area contributed by atoms with Crippen molar-refractivity contribution in [3.8, 4) is 6.07 Å². The van der Waals surface area contributed by atoms with E-state index >= 15 is 0 Å². The molecule has 1 atom stereocenters.